The molecule has 5 rings (SSSR count). The van der Waals surface area contributed by atoms with Gasteiger partial charge in [-0.3, -0.25) is 4.79 Å². The predicted octanol–water partition coefficient (Wildman–Crippen LogP) is 3.52. The van der Waals surface area contributed by atoms with Crippen molar-refractivity contribution in [2.24, 2.45) is 0 Å². The molecule has 0 atom stereocenters. The van der Waals surface area contributed by atoms with Crippen LogP contribution in [-0.2, 0) is 6.54 Å². The molecule has 0 saturated carbocycles. The number of fused-ring (bicyclic) bond motifs is 1. The van der Waals surface area contributed by atoms with Crippen molar-refractivity contribution in [3.8, 4) is 11.5 Å². The number of ether oxygens (including phenoxy) is 2. The molecule has 4 heterocycles. The third kappa shape index (κ3) is 4.10. The highest BCUT2D eigenvalue weighted by molar-refractivity contribution is 7.07. The molecule has 2 aliphatic heterocycles. The van der Waals surface area contributed by atoms with Gasteiger partial charge < -0.3 is 23.7 Å². The minimum Gasteiger partial charge on any atom is -0.486 e. The Hall–Kier alpha value is -3.07. The molecule has 0 radical (unpaired) electrons. The van der Waals surface area contributed by atoms with Crippen LogP contribution in [-0.4, -0.2) is 52.7 Å². The number of aryl methyl sites for hydroxylation is 1. The Labute approximate surface area is 184 Å². The second kappa shape index (κ2) is 8.58. The molecule has 2 aromatic heterocycles. The first-order chi connectivity index (χ1) is 15.2. The number of amides is 1. The fourth-order valence-corrected chi connectivity index (χ4v) is 4.77. The predicted molar refractivity (Wildman–Crippen MR) is 116 cm³/mol. The van der Waals surface area contributed by atoms with E-state index in [9.17, 15) is 4.79 Å². The van der Waals surface area contributed by atoms with Gasteiger partial charge in [-0.1, -0.05) is 4.49 Å². The lowest BCUT2D eigenvalue weighted by molar-refractivity contribution is 0.0618. The molecule has 1 amide bonds. The van der Waals surface area contributed by atoms with Gasteiger partial charge in [0.25, 0.3) is 5.91 Å². The summed E-state index contributed by atoms with van der Waals surface area (Å²) in [5.74, 6) is 2.35. The number of carbonyl (C=O) groups is 1. The number of nitrogens with zero attached hydrogens (tertiary/aromatic N) is 4. The summed E-state index contributed by atoms with van der Waals surface area (Å²) in [5, 5.41) is 4.02. The number of aromatic nitrogens is 2. The van der Waals surface area contributed by atoms with Crippen molar-refractivity contribution in [2.45, 2.75) is 32.4 Å². The summed E-state index contributed by atoms with van der Waals surface area (Å²) in [6, 6.07) is 9.97. The number of carbonyl (C=O) groups excluding carboxylic acids is 1. The van der Waals surface area contributed by atoms with Gasteiger partial charge in [0.05, 0.1) is 18.5 Å². The molecule has 31 heavy (non-hydrogen) atoms. The Bertz CT molecular complexity index is 1040. The average Bonchev–Trinajstić information content (AvgIpc) is 3.48. The number of piperidine rings is 1. The van der Waals surface area contributed by atoms with Crippen LogP contribution < -0.4 is 14.4 Å². The van der Waals surface area contributed by atoms with E-state index in [-0.39, 0.29) is 11.9 Å². The van der Waals surface area contributed by atoms with Gasteiger partial charge in [0.15, 0.2) is 11.5 Å². The van der Waals surface area contributed by atoms with Gasteiger partial charge in [-0.15, -0.1) is 5.10 Å². The molecule has 8 nitrogen and oxygen atoms in total. The number of rotatable bonds is 5. The lowest BCUT2D eigenvalue weighted by Crippen LogP contribution is -2.47. The van der Waals surface area contributed by atoms with Crippen LogP contribution in [0.5, 0.6) is 11.5 Å². The zero-order valence-electron chi connectivity index (χ0n) is 17.3. The Balaban J connectivity index is 1.31. The highest BCUT2D eigenvalue weighted by atomic mass is 32.1. The molecule has 0 bridgehead atoms. The first-order valence-corrected chi connectivity index (χ1v) is 11.2. The molecule has 1 aromatic carbocycles. The van der Waals surface area contributed by atoms with Crippen LogP contribution in [0.3, 0.4) is 0 Å². The molecule has 9 heteroatoms. The van der Waals surface area contributed by atoms with Crippen LogP contribution in [0.15, 0.2) is 41.0 Å². The Morgan fingerprint density at radius 3 is 2.71 bits per heavy atom. The zero-order valence-corrected chi connectivity index (χ0v) is 18.1. The fourth-order valence-electron chi connectivity index (χ4n) is 4.16. The van der Waals surface area contributed by atoms with Crippen LogP contribution >= 0.6 is 11.5 Å². The van der Waals surface area contributed by atoms with Crippen molar-refractivity contribution in [2.75, 3.05) is 31.2 Å². The van der Waals surface area contributed by atoms with Gasteiger partial charge in [0.2, 0.25) is 0 Å². The lowest BCUT2D eigenvalue weighted by Gasteiger charge is -2.39. The fraction of sp³-hybridized carbons (Fsp3) is 0.409. The first kappa shape index (κ1) is 19.9. The Morgan fingerprint density at radius 1 is 1.19 bits per heavy atom. The number of anilines is 1. The first-order valence-electron chi connectivity index (χ1n) is 10.5. The van der Waals surface area contributed by atoms with E-state index >= 15 is 0 Å². The molecule has 162 valence electrons. The smallest absolute Gasteiger partial charge is 0.268 e. The van der Waals surface area contributed by atoms with Crippen LogP contribution in [0.1, 0.15) is 34.0 Å². The largest absolute Gasteiger partial charge is 0.486 e. The van der Waals surface area contributed by atoms with E-state index < -0.39 is 0 Å². The quantitative estimate of drug-likeness (QED) is 0.600. The van der Waals surface area contributed by atoms with E-state index in [0.29, 0.717) is 30.3 Å². The average molecular weight is 441 g/mol. The zero-order chi connectivity index (χ0) is 21.2. The maximum Gasteiger partial charge on any atom is 0.268 e. The third-order valence-electron chi connectivity index (χ3n) is 5.81. The minimum atomic E-state index is -0.0262. The molecule has 0 spiro atoms. The molecule has 1 fully saturated rings. The highest BCUT2D eigenvalue weighted by Gasteiger charge is 2.31. The summed E-state index contributed by atoms with van der Waals surface area (Å²) in [6.07, 6.45) is 3.38. The van der Waals surface area contributed by atoms with Crippen LogP contribution in [0.4, 0.5) is 5.69 Å². The molecule has 0 aliphatic carbocycles. The summed E-state index contributed by atoms with van der Waals surface area (Å²) < 4.78 is 20.8. The van der Waals surface area contributed by atoms with E-state index in [2.05, 4.69) is 20.6 Å². The highest BCUT2D eigenvalue weighted by Crippen LogP contribution is 2.35. The van der Waals surface area contributed by atoms with E-state index in [0.717, 1.165) is 60.4 Å². The molecule has 0 N–H and O–H groups in total. The standard InChI is InChI=1S/C22H24N4O4S/c1-15-21(31-24-23-15)22(27)26(14-18-3-2-10-28-18)16-6-8-25(9-7-16)17-4-5-19-20(13-17)30-12-11-29-19/h2-5,10,13,16H,6-9,11-12,14H2,1H3. The Kier molecular flexibility index (Phi) is 5.50. The third-order valence-corrected chi connectivity index (χ3v) is 6.62. The number of hydrogen-bond acceptors (Lipinski definition) is 8. The topological polar surface area (TPSA) is 80.9 Å². The van der Waals surface area contributed by atoms with Crippen molar-refractivity contribution >= 4 is 23.1 Å². The van der Waals surface area contributed by atoms with E-state index in [4.69, 9.17) is 13.9 Å². The van der Waals surface area contributed by atoms with Gasteiger partial charge in [-0.2, -0.15) is 0 Å². The van der Waals surface area contributed by atoms with Crippen LogP contribution in [0, 0.1) is 6.92 Å². The van der Waals surface area contributed by atoms with Gasteiger partial charge in [-0.25, -0.2) is 0 Å². The van der Waals surface area contributed by atoms with Crippen molar-refractivity contribution in [1.82, 2.24) is 14.5 Å². The van der Waals surface area contributed by atoms with Gasteiger partial charge in [-0.05, 0) is 55.6 Å². The molecule has 3 aromatic rings. The summed E-state index contributed by atoms with van der Waals surface area (Å²) in [6.45, 7) is 5.14. The molecule has 1 saturated heterocycles. The second-order valence-corrected chi connectivity index (χ2v) is 8.50. The van der Waals surface area contributed by atoms with Gasteiger partial charge in [0.1, 0.15) is 23.9 Å². The maximum atomic E-state index is 13.3. The summed E-state index contributed by atoms with van der Waals surface area (Å²) in [5.41, 5.74) is 1.79. The van der Waals surface area contributed by atoms with E-state index in [1.165, 1.54) is 0 Å². The number of benzene rings is 1. The van der Waals surface area contributed by atoms with Crippen molar-refractivity contribution < 1.29 is 18.7 Å². The van der Waals surface area contributed by atoms with Gasteiger partial charge in [0, 0.05) is 30.9 Å². The number of hydrogen-bond donors (Lipinski definition) is 0. The van der Waals surface area contributed by atoms with Crippen molar-refractivity contribution in [3.63, 3.8) is 0 Å². The van der Waals surface area contributed by atoms with Crippen LogP contribution in [0.25, 0.3) is 0 Å². The maximum absolute atomic E-state index is 13.3. The number of furan rings is 1. The monoisotopic (exact) mass is 440 g/mol. The summed E-state index contributed by atoms with van der Waals surface area (Å²) in [7, 11) is 0. The Morgan fingerprint density at radius 2 is 2.00 bits per heavy atom. The minimum absolute atomic E-state index is 0.0262. The normalized spacial score (nSPS) is 16.4. The second-order valence-electron chi connectivity index (χ2n) is 7.75. The van der Waals surface area contributed by atoms with Gasteiger partial charge >= 0.3 is 0 Å². The van der Waals surface area contributed by atoms with Crippen LogP contribution in [0.2, 0.25) is 0 Å². The summed E-state index contributed by atoms with van der Waals surface area (Å²) in [4.78, 5) is 18.2. The molecular formula is C22H24N4O4S. The van der Waals surface area contributed by atoms with E-state index in [1.807, 2.05) is 36.1 Å². The van der Waals surface area contributed by atoms with E-state index in [1.54, 1.807) is 6.26 Å². The SMILES string of the molecule is Cc1nnsc1C(=O)N(Cc1ccco1)C1CCN(c2ccc3c(c2)OCCO3)CC1. The molecule has 0 unspecified atom stereocenters. The lowest BCUT2D eigenvalue weighted by atomic mass is 10.0. The van der Waals surface area contributed by atoms with Crippen molar-refractivity contribution in [3.05, 3.63) is 52.9 Å². The molecule has 2 aliphatic rings. The summed E-state index contributed by atoms with van der Waals surface area (Å²) >= 11 is 1.15. The van der Waals surface area contributed by atoms with Crippen molar-refractivity contribution in [1.29, 1.82) is 0 Å². The molecular weight excluding hydrogens is 416 g/mol.